The number of benzene rings is 2. The summed E-state index contributed by atoms with van der Waals surface area (Å²) < 4.78 is 16.3. The van der Waals surface area contributed by atoms with Crippen molar-refractivity contribution >= 4 is 17.5 Å². The fraction of sp³-hybridized carbons (Fsp3) is 0.435. The summed E-state index contributed by atoms with van der Waals surface area (Å²) in [7, 11) is 6.84. The summed E-state index contributed by atoms with van der Waals surface area (Å²) >= 11 is 6.13. The predicted octanol–water partition coefficient (Wildman–Crippen LogP) is 4.16. The van der Waals surface area contributed by atoms with Gasteiger partial charge in [0.15, 0.2) is 0 Å². The van der Waals surface area contributed by atoms with Crippen LogP contribution in [0.25, 0.3) is 0 Å². The molecule has 1 heterocycles. The van der Waals surface area contributed by atoms with E-state index in [1.165, 1.54) is 0 Å². The number of halogens is 1. The first kappa shape index (κ1) is 22.2. The molecule has 6 nitrogen and oxygen atoms in total. The number of hydrogen-bond donors (Lipinski definition) is 0. The third kappa shape index (κ3) is 4.99. The Balaban J connectivity index is 1.71. The van der Waals surface area contributed by atoms with Crippen LogP contribution >= 0.6 is 11.6 Å². The van der Waals surface area contributed by atoms with Crippen molar-refractivity contribution < 1.29 is 19.0 Å². The van der Waals surface area contributed by atoms with Crippen LogP contribution in [0.5, 0.6) is 17.2 Å². The van der Waals surface area contributed by atoms with E-state index >= 15 is 0 Å². The molecule has 7 heteroatoms. The highest BCUT2D eigenvalue weighted by Gasteiger charge is 2.32. The fourth-order valence-electron chi connectivity index (χ4n) is 4.02. The topological polar surface area (TPSA) is 51.2 Å². The van der Waals surface area contributed by atoms with Crippen molar-refractivity contribution in [1.82, 2.24) is 9.80 Å². The maximum Gasteiger partial charge on any atom is 0.237 e. The molecule has 1 aliphatic rings. The molecule has 0 aliphatic carbocycles. The second-order valence-electron chi connectivity index (χ2n) is 7.48. The summed E-state index contributed by atoms with van der Waals surface area (Å²) in [4.78, 5) is 17.1. The maximum atomic E-state index is 13.1. The zero-order chi connectivity index (χ0) is 21.7. The van der Waals surface area contributed by atoms with Crippen LogP contribution in [0.2, 0.25) is 5.02 Å². The Hall–Kier alpha value is -2.44. The van der Waals surface area contributed by atoms with E-state index in [0.717, 1.165) is 47.8 Å². The fourth-order valence-corrected chi connectivity index (χ4v) is 4.22. The highest BCUT2D eigenvalue weighted by molar-refractivity contribution is 6.30. The molecule has 3 rings (SSSR count). The lowest BCUT2D eigenvalue weighted by Crippen LogP contribution is -2.38. The van der Waals surface area contributed by atoms with Crippen molar-refractivity contribution in [3.05, 3.63) is 52.5 Å². The number of carbonyl (C=O) groups is 1. The molecule has 162 valence electrons. The second-order valence-corrected chi connectivity index (χ2v) is 7.92. The molecular formula is C23H29ClN2O4. The standard InChI is InChI=1S/C23H29ClN2O4/c1-25(14-16-12-17(24)7-10-21(16)29-3)15-23(27)26-11-5-6-20(26)19-9-8-18(28-2)13-22(19)30-4/h7-10,12-13,20H,5-6,11,14-15H2,1-4H3. The monoisotopic (exact) mass is 432 g/mol. The van der Waals surface area contributed by atoms with Crippen LogP contribution in [0.15, 0.2) is 36.4 Å². The van der Waals surface area contributed by atoms with Gasteiger partial charge in [-0.3, -0.25) is 9.69 Å². The lowest BCUT2D eigenvalue weighted by atomic mass is 10.0. The van der Waals surface area contributed by atoms with Gasteiger partial charge in [0.2, 0.25) is 5.91 Å². The van der Waals surface area contributed by atoms with Gasteiger partial charge in [-0.25, -0.2) is 0 Å². The number of amides is 1. The zero-order valence-corrected chi connectivity index (χ0v) is 18.7. The number of ether oxygens (including phenoxy) is 3. The van der Waals surface area contributed by atoms with E-state index in [2.05, 4.69) is 0 Å². The molecule has 1 fully saturated rings. The van der Waals surface area contributed by atoms with E-state index in [-0.39, 0.29) is 11.9 Å². The van der Waals surface area contributed by atoms with E-state index in [9.17, 15) is 4.79 Å². The van der Waals surface area contributed by atoms with Crippen LogP contribution in [0, 0.1) is 0 Å². The van der Waals surface area contributed by atoms with Crippen molar-refractivity contribution in [3.8, 4) is 17.2 Å². The lowest BCUT2D eigenvalue weighted by Gasteiger charge is -2.28. The molecule has 0 radical (unpaired) electrons. The van der Waals surface area contributed by atoms with E-state index in [0.29, 0.717) is 18.1 Å². The van der Waals surface area contributed by atoms with Gasteiger partial charge in [0.1, 0.15) is 17.2 Å². The Labute approximate surface area is 183 Å². The third-order valence-corrected chi connectivity index (χ3v) is 5.70. The highest BCUT2D eigenvalue weighted by Crippen LogP contribution is 2.38. The molecule has 1 unspecified atom stereocenters. The summed E-state index contributed by atoms with van der Waals surface area (Å²) in [5.74, 6) is 2.34. The third-order valence-electron chi connectivity index (χ3n) is 5.46. The van der Waals surface area contributed by atoms with E-state index < -0.39 is 0 Å². The first-order valence-electron chi connectivity index (χ1n) is 9.99. The van der Waals surface area contributed by atoms with Crippen LogP contribution in [-0.4, -0.2) is 57.2 Å². The normalized spacial score (nSPS) is 16.1. The highest BCUT2D eigenvalue weighted by atomic mass is 35.5. The lowest BCUT2D eigenvalue weighted by molar-refractivity contribution is -0.133. The summed E-state index contributed by atoms with van der Waals surface area (Å²) in [5, 5.41) is 0.650. The molecule has 1 aliphatic heterocycles. The SMILES string of the molecule is COc1ccc(C2CCCN2C(=O)CN(C)Cc2cc(Cl)ccc2OC)c(OC)c1. The quantitative estimate of drug-likeness (QED) is 0.626. The van der Waals surface area contributed by atoms with Gasteiger partial charge in [0, 0.05) is 35.3 Å². The molecule has 0 bridgehead atoms. The molecule has 1 saturated heterocycles. The Morgan fingerprint density at radius 3 is 2.57 bits per heavy atom. The number of likely N-dealkylation sites (tertiary alicyclic amines) is 1. The molecule has 30 heavy (non-hydrogen) atoms. The second kappa shape index (κ2) is 10.0. The molecule has 0 aromatic heterocycles. The van der Waals surface area contributed by atoms with Crippen LogP contribution in [0.1, 0.15) is 30.0 Å². The Morgan fingerprint density at radius 1 is 1.10 bits per heavy atom. The number of likely N-dealkylation sites (N-methyl/N-ethyl adjacent to an activating group) is 1. The van der Waals surface area contributed by atoms with Crippen molar-refractivity contribution in [2.24, 2.45) is 0 Å². The van der Waals surface area contributed by atoms with Gasteiger partial charge in [-0.15, -0.1) is 0 Å². The van der Waals surface area contributed by atoms with E-state index in [4.69, 9.17) is 25.8 Å². The first-order valence-corrected chi connectivity index (χ1v) is 10.4. The number of rotatable bonds is 8. The van der Waals surface area contributed by atoms with Crippen LogP contribution in [-0.2, 0) is 11.3 Å². The molecule has 2 aromatic carbocycles. The molecule has 1 atom stereocenters. The van der Waals surface area contributed by atoms with Gasteiger partial charge in [-0.2, -0.15) is 0 Å². The Bertz CT molecular complexity index is 890. The molecule has 1 amide bonds. The van der Waals surface area contributed by atoms with Gasteiger partial charge >= 0.3 is 0 Å². The molecule has 0 spiro atoms. The minimum Gasteiger partial charge on any atom is -0.497 e. The van der Waals surface area contributed by atoms with Gasteiger partial charge in [0.05, 0.1) is 33.9 Å². The van der Waals surface area contributed by atoms with Gasteiger partial charge in [-0.05, 0) is 50.2 Å². The zero-order valence-electron chi connectivity index (χ0n) is 18.0. The summed E-state index contributed by atoms with van der Waals surface area (Å²) in [6.45, 7) is 1.62. The summed E-state index contributed by atoms with van der Waals surface area (Å²) in [6, 6.07) is 11.3. The van der Waals surface area contributed by atoms with Crippen molar-refractivity contribution in [2.75, 3.05) is 41.5 Å². The number of methoxy groups -OCH3 is 3. The van der Waals surface area contributed by atoms with E-state index in [1.807, 2.05) is 47.2 Å². The maximum absolute atomic E-state index is 13.1. The number of hydrogen-bond acceptors (Lipinski definition) is 5. The minimum atomic E-state index is 0.00691. The molecule has 2 aromatic rings. The van der Waals surface area contributed by atoms with Gasteiger partial charge in [0.25, 0.3) is 0 Å². The van der Waals surface area contributed by atoms with Gasteiger partial charge < -0.3 is 19.1 Å². The average molecular weight is 433 g/mol. The molecular weight excluding hydrogens is 404 g/mol. The van der Waals surface area contributed by atoms with Crippen LogP contribution in [0.3, 0.4) is 0 Å². The van der Waals surface area contributed by atoms with E-state index in [1.54, 1.807) is 27.4 Å². The minimum absolute atomic E-state index is 0.00691. The van der Waals surface area contributed by atoms with Crippen molar-refractivity contribution in [2.45, 2.75) is 25.4 Å². The van der Waals surface area contributed by atoms with Crippen molar-refractivity contribution in [1.29, 1.82) is 0 Å². The number of carbonyl (C=O) groups excluding carboxylic acids is 1. The molecule has 0 saturated carbocycles. The number of nitrogens with zero attached hydrogens (tertiary/aromatic N) is 2. The first-order chi connectivity index (χ1) is 14.5. The summed E-state index contributed by atoms with van der Waals surface area (Å²) in [6.07, 6.45) is 1.89. The van der Waals surface area contributed by atoms with Crippen molar-refractivity contribution in [3.63, 3.8) is 0 Å². The Kier molecular flexibility index (Phi) is 7.45. The van der Waals surface area contributed by atoms with Gasteiger partial charge in [-0.1, -0.05) is 11.6 Å². The Morgan fingerprint density at radius 2 is 1.87 bits per heavy atom. The smallest absolute Gasteiger partial charge is 0.237 e. The average Bonchev–Trinajstić information content (AvgIpc) is 3.23. The molecule has 0 N–H and O–H groups in total. The van der Waals surface area contributed by atoms with Crippen LogP contribution in [0.4, 0.5) is 0 Å². The summed E-state index contributed by atoms with van der Waals surface area (Å²) in [5.41, 5.74) is 1.97. The van der Waals surface area contributed by atoms with Crippen LogP contribution < -0.4 is 14.2 Å². The predicted molar refractivity (Wildman–Crippen MR) is 118 cm³/mol. The largest absolute Gasteiger partial charge is 0.497 e.